The predicted octanol–water partition coefficient (Wildman–Crippen LogP) is 5.09. The van der Waals surface area contributed by atoms with Crippen LogP contribution in [0.15, 0.2) is 78.2 Å². The zero-order chi connectivity index (χ0) is 21.3. The molecule has 1 unspecified atom stereocenters. The van der Waals surface area contributed by atoms with E-state index in [1.165, 1.54) is 0 Å². The van der Waals surface area contributed by atoms with Gasteiger partial charge in [-0.2, -0.15) is 5.26 Å². The van der Waals surface area contributed by atoms with E-state index in [1.54, 1.807) is 42.5 Å². The molecule has 2 N–H and O–H groups in total. The number of aryl methyl sites for hydroxylation is 1. The summed E-state index contributed by atoms with van der Waals surface area (Å²) in [6.45, 7) is 1.85. The average Bonchev–Trinajstić information content (AvgIpc) is 2.73. The van der Waals surface area contributed by atoms with Crippen molar-refractivity contribution >= 4 is 17.6 Å². The molecule has 3 aromatic carbocycles. The molecular weight excluding hydrogens is 400 g/mol. The molecule has 3 aromatic rings. The van der Waals surface area contributed by atoms with Crippen LogP contribution in [0.2, 0.25) is 5.02 Å². The first-order chi connectivity index (χ1) is 14.5. The molecule has 5 nitrogen and oxygen atoms in total. The van der Waals surface area contributed by atoms with Crippen LogP contribution in [0.5, 0.6) is 11.5 Å². The van der Waals surface area contributed by atoms with Gasteiger partial charge in [0.2, 0.25) is 5.88 Å². The maximum Gasteiger partial charge on any atom is 0.343 e. The molecule has 0 bridgehead atoms. The zero-order valence-electron chi connectivity index (χ0n) is 16.1. The van der Waals surface area contributed by atoms with Gasteiger partial charge < -0.3 is 15.2 Å². The van der Waals surface area contributed by atoms with Crippen LogP contribution in [0, 0.1) is 18.3 Å². The van der Waals surface area contributed by atoms with Gasteiger partial charge in [0, 0.05) is 16.7 Å². The Labute approximate surface area is 178 Å². The maximum atomic E-state index is 12.5. The molecule has 0 amide bonds. The van der Waals surface area contributed by atoms with Gasteiger partial charge in [0.05, 0.1) is 11.5 Å². The molecule has 148 valence electrons. The van der Waals surface area contributed by atoms with Crippen LogP contribution in [-0.2, 0) is 0 Å². The third kappa shape index (κ3) is 3.61. The average molecular weight is 417 g/mol. The highest BCUT2D eigenvalue weighted by Gasteiger charge is 2.31. The molecule has 30 heavy (non-hydrogen) atoms. The number of benzene rings is 3. The summed E-state index contributed by atoms with van der Waals surface area (Å²) in [4.78, 5) is 12.5. The van der Waals surface area contributed by atoms with Crippen molar-refractivity contribution in [3.8, 4) is 17.6 Å². The Bertz CT molecular complexity index is 1210. The van der Waals surface area contributed by atoms with Crippen molar-refractivity contribution < 1.29 is 14.3 Å². The fraction of sp³-hybridized carbons (Fsp3) is 0.0833. The van der Waals surface area contributed by atoms with E-state index in [4.69, 9.17) is 26.8 Å². The van der Waals surface area contributed by atoms with Gasteiger partial charge in [0.1, 0.15) is 23.1 Å². The second-order valence-electron chi connectivity index (χ2n) is 6.88. The Hall–Kier alpha value is -3.75. The van der Waals surface area contributed by atoms with Gasteiger partial charge in [-0.15, -0.1) is 0 Å². The molecule has 0 fully saturated rings. The number of carbonyl (C=O) groups is 1. The van der Waals surface area contributed by atoms with Crippen molar-refractivity contribution in [2.45, 2.75) is 12.8 Å². The molecular formula is C24H17ClN2O3. The van der Waals surface area contributed by atoms with Crippen LogP contribution in [0.3, 0.4) is 0 Å². The second kappa shape index (κ2) is 7.94. The highest BCUT2D eigenvalue weighted by atomic mass is 35.5. The van der Waals surface area contributed by atoms with Crippen molar-refractivity contribution in [2.24, 2.45) is 5.73 Å². The highest BCUT2D eigenvalue weighted by molar-refractivity contribution is 6.30. The van der Waals surface area contributed by atoms with E-state index in [2.05, 4.69) is 6.07 Å². The Balaban J connectivity index is 1.70. The Morgan fingerprint density at radius 2 is 1.87 bits per heavy atom. The van der Waals surface area contributed by atoms with Crippen LogP contribution in [0.25, 0.3) is 0 Å². The lowest BCUT2D eigenvalue weighted by atomic mass is 9.83. The molecule has 1 atom stereocenters. The van der Waals surface area contributed by atoms with Gasteiger partial charge in [-0.25, -0.2) is 4.79 Å². The summed E-state index contributed by atoms with van der Waals surface area (Å²) in [6, 6.07) is 21.6. The minimum atomic E-state index is -0.459. The van der Waals surface area contributed by atoms with Crippen LogP contribution < -0.4 is 15.2 Å². The van der Waals surface area contributed by atoms with Crippen molar-refractivity contribution in [3.05, 3.63) is 105 Å². The van der Waals surface area contributed by atoms with Crippen LogP contribution in [0.1, 0.15) is 33.0 Å². The summed E-state index contributed by atoms with van der Waals surface area (Å²) in [7, 11) is 0. The summed E-state index contributed by atoms with van der Waals surface area (Å²) < 4.78 is 11.2. The molecule has 0 saturated heterocycles. The summed E-state index contributed by atoms with van der Waals surface area (Å²) in [6.07, 6.45) is 0. The second-order valence-corrected chi connectivity index (χ2v) is 7.32. The number of hydrogen-bond acceptors (Lipinski definition) is 5. The Morgan fingerprint density at radius 1 is 1.13 bits per heavy atom. The molecule has 1 heterocycles. The van der Waals surface area contributed by atoms with E-state index >= 15 is 0 Å². The molecule has 4 rings (SSSR count). The molecule has 0 saturated carbocycles. The maximum absolute atomic E-state index is 12.5. The number of esters is 1. The van der Waals surface area contributed by atoms with E-state index < -0.39 is 11.9 Å². The van der Waals surface area contributed by atoms with E-state index in [-0.39, 0.29) is 5.88 Å². The normalized spacial score (nSPS) is 15.0. The van der Waals surface area contributed by atoms with Gasteiger partial charge in [-0.05, 0) is 42.3 Å². The largest absolute Gasteiger partial charge is 0.440 e. The summed E-state index contributed by atoms with van der Waals surface area (Å²) >= 11 is 6.01. The molecule has 1 aliphatic rings. The van der Waals surface area contributed by atoms with Gasteiger partial charge in [-0.3, -0.25) is 0 Å². The topological polar surface area (TPSA) is 85.3 Å². The van der Waals surface area contributed by atoms with Crippen LogP contribution in [-0.4, -0.2) is 5.97 Å². The Kier molecular flexibility index (Phi) is 5.18. The lowest BCUT2D eigenvalue weighted by Crippen LogP contribution is -2.21. The summed E-state index contributed by atoms with van der Waals surface area (Å²) in [5.74, 6) is -0.0876. The summed E-state index contributed by atoms with van der Waals surface area (Å²) in [5, 5.41) is 10.2. The van der Waals surface area contributed by atoms with Crippen LogP contribution in [0.4, 0.5) is 0 Å². The smallest absolute Gasteiger partial charge is 0.343 e. The first kappa shape index (κ1) is 19.6. The minimum absolute atomic E-state index is 0.0207. The monoisotopic (exact) mass is 416 g/mol. The number of nitrogens with two attached hydrogens (primary N) is 1. The lowest BCUT2D eigenvalue weighted by Gasteiger charge is -2.26. The Morgan fingerprint density at radius 3 is 2.57 bits per heavy atom. The summed E-state index contributed by atoms with van der Waals surface area (Å²) in [5.41, 5.74) is 9.26. The third-order valence-electron chi connectivity index (χ3n) is 4.97. The number of rotatable bonds is 3. The number of nitriles is 1. The van der Waals surface area contributed by atoms with Gasteiger partial charge in [0.25, 0.3) is 0 Å². The van der Waals surface area contributed by atoms with Crippen LogP contribution >= 0.6 is 11.6 Å². The fourth-order valence-electron chi connectivity index (χ4n) is 3.46. The molecule has 0 aromatic heterocycles. The van der Waals surface area contributed by atoms with E-state index in [9.17, 15) is 10.1 Å². The lowest BCUT2D eigenvalue weighted by molar-refractivity contribution is 0.0733. The van der Waals surface area contributed by atoms with Gasteiger partial charge >= 0.3 is 5.97 Å². The number of carbonyl (C=O) groups excluding carboxylic acids is 1. The standard InChI is InChI=1S/C24H17ClN2O3/c1-14-4-2-3-5-18(14)24(28)29-17-10-11-19-21(12-17)30-23(27)20(13-26)22(19)15-6-8-16(25)9-7-15/h2-12,22H,27H2,1H3. The third-order valence-corrected chi connectivity index (χ3v) is 5.22. The predicted molar refractivity (Wildman–Crippen MR) is 113 cm³/mol. The molecule has 0 spiro atoms. The van der Waals surface area contributed by atoms with Crippen molar-refractivity contribution in [3.63, 3.8) is 0 Å². The van der Waals surface area contributed by atoms with E-state index in [1.807, 2.05) is 31.2 Å². The number of nitrogens with zero attached hydrogens (tertiary/aromatic N) is 1. The highest BCUT2D eigenvalue weighted by Crippen LogP contribution is 2.43. The van der Waals surface area contributed by atoms with Gasteiger partial charge in [-0.1, -0.05) is 48.0 Å². The molecule has 0 aliphatic carbocycles. The quantitative estimate of drug-likeness (QED) is 0.475. The minimum Gasteiger partial charge on any atom is -0.440 e. The molecule has 1 aliphatic heterocycles. The number of halogens is 1. The SMILES string of the molecule is Cc1ccccc1C(=O)Oc1ccc2c(c1)OC(N)=C(C#N)C2c1ccc(Cl)cc1. The molecule has 0 radical (unpaired) electrons. The number of hydrogen-bond donors (Lipinski definition) is 1. The molecule has 6 heteroatoms. The van der Waals surface area contributed by atoms with Crippen molar-refractivity contribution in [1.82, 2.24) is 0 Å². The number of allylic oxidation sites excluding steroid dienone is 1. The first-order valence-electron chi connectivity index (χ1n) is 9.22. The number of ether oxygens (including phenoxy) is 2. The van der Waals surface area contributed by atoms with Crippen molar-refractivity contribution in [2.75, 3.05) is 0 Å². The first-order valence-corrected chi connectivity index (χ1v) is 9.60. The zero-order valence-corrected chi connectivity index (χ0v) is 16.8. The van der Waals surface area contributed by atoms with Gasteiger partial charge in [0.15, 0.2) is 0 Å². The van der Waals surface area contributed by atoms with E-state index in [0.29, 0.717) is 27.7 Å². The number of fused-ring (bicyclic) bond motifs is 1. The van der Waals surface area contributed by atoms with Crippen molar-refractivity contribution in [1.29, 1.82) is 5.26 Å². The van der Waals surface area contributed by atoms with E-state index in [0.717, 1.165) is 16.7 Å². The fourth-order valence-corrected chi connectivity index (χ4v) is 3.59.